The molecule has 2 nitrogen and oxygen atoms in total. The Morgan fingerprint density at radius 2 is 1.52 bits per heavy atom. The summed E-state index contributed by atoms with van der Waals surface area (Å²) >= 11 is 0. The van der Waals surface area contributed by atoms with Gasteiger partial charge >= 0.3 is 0 Å². The zero-order valence-corrected chi connectivity index (χ0v) is 12.9. The Hall–Kier alpha value is -1.33. The van der Waals surface area contributed by atoms with Crippen molar-refractivity contribution in [3.05, 3.63) is 35.9 Å². The Morgan fingerprint density at radius 3 is 2.14 bits per heavy atom. The second-order valence-corrected chi connectivity index (χ2v) is 6.71. The molecule has 0 spiro atoms. The highest BCUT2D eigenvalue weighted by Gasteiger charge is 2.30. The molecule has 1 saturated carbocycles. The third-order valence-corrected chi connectivity index (χ3v) is 5.49. The van der Waals surface area contributed by atoms with Crippen LogP contribution in [0.4, 0.5) is 0 Å². The molecule has 0 N–H and O–H groups in total. The summed E-state index contributed by atoms with van der Waals surface area (Å²) in [7, 11) is 0. The van der Waals surface area contributed by atoms with Crippen LogP contribution in [0.1, 0.15) is 56.6 Å². The minimum absolute atomic E-state index is 0.0569. The zero-order chi connectivity index (χ0) is 14.5. The van der Waals surface area contributed by atoms with Crippen LogP contribution in [-0.4, -0.2) is 18.0 Å². The topological polar surface area (TPSA) is 27.0 Å². The maximum Gasteiger partial charge on any atom is 0.123 e. The van der Waals surface area contributed by atoms with E-state index in [9.17, 15) is 5.26 Å². The van der Waals surface area contributed by atoms with Gasteiger partial charge in [-0.2, -0.15) is 5.26 Å². The number of benzene rings is 1. The van der Waals surface area contributed by atoms with Gasteiger partial charge in [0.1, 0.15) is 6.04 Å². The second-order valence-electron chi connectivity index (χ2n) is 6.71. The molecule has 3 rings (SSSR count). The van der Waals surface area contributed by atoms with E-state index in [-0.39, 0.29) is 6.04 Å². The summed E-state index contributed by atoms with van der Waals surface area (Å²) in [6.07, 6.45) is 9.80. The van der Waals surface area contributed by atoms with Crippen LogP contribution in [0.25, 0.3) is 0 Å². The predicted molar refractivity (Wildman–Crippen MR) is 85.7 cm³/mol. The summed E-state index contributed by atoms with van der Waals surface area (Å²) in [6.45, 7) is 2.18. The molecule has 0 aromatic heterocycles. The summed E-state index contributed by atoms with van der Waals surface area (Å²) in [5.74, 6) is 1.88. The number of likely N-dealkylation sites (tertiary alicyclic amines) is 1. The molecule has 1 aromatic rings. The van der Waals surface area contributed by atoms with Crippen LogP contribution in [0.15, 0.2) is 30.3 Å². The average molecular weight is 282 g/mol. The van der Waals surface area contributed by atoms with Crippen molar-refractivity contribution >= 4 is 0 Å². The van der Waals surface area contributed by atoms with Crippen LogP contribution in [0.2, 0.25) is 0 Å². The molecule has 1 heterocycles. The molecule has 1 saturated heterocycles. The lowest BCUT2D eigenvalue weighted by Gasteiger charge is -2.39. The first-order chi connectivity index (χ1) is 10.4. The van der Waals surface area contributed by atoms with E-state index in [1.165, 1.54) is 44.9 Å². The highest BCUT2D eigenvalue weighted by molar-refractivity contribution is 5.24. The van der Waals surface area contributed by atoms with Crippen molar-refractivity contribution in [3.8, 4) is 6.07 Å². The second kappa shape index (κ2) is 7.09. The minimum atomic E-state index is -0.0569. The van der Waals surface area contributed by atoms with E-state index in [2.05, 4.69) is 23.1 Å². The smallest absolute Gasteiger partial charge is 0.123 e. The van der Waals surface area contributed by atoms with Gasteiger partial charge in [0.05, 0.1) is 6.07 Å². The molecule has 21 heavy (non-hydrogen) atoms. The molecule has 1 atom stereocenters. The molecule has 1 aliphatic heterocycles. The summed E-state index contributed by atoms with van der Waals surface area (Å²) < 4.78 is 0. The van der Waals surface area contributed by atoms with Gasteiger partial charge in [-0.1, -0.05) is 62.4 Å². The molecule has 2 heteroatoms. The Balaban J connectivity index is 1.58. The first-order valence-electron chi connectivity index (χ1n) is 8.57. The van der Waals surface area contributed by atoms with Gasteiger partial charge in [-0.25, -0.2) is 0 Å². The van der Waals surface area contributed by atoms with E-state index in [0.717, 1.165) is 30.5 Å². The molecule has 1 aromatic carbocycles. The van der Waals surface area contributed by atoms with Gasteiger partial charge in [0, 0.05) is 0 Å². The van der Waals surface area contributed by atoms with Gasteiger partial charge in [-0.15, -0.1) is 0 Å². The molecule has 1 aliphatic carbocycles. The van der Waals surface area contributed by atoms with Crippen molar-refractivity contribution in [1.29, 1.82) is 5.26 Å². The van der Waals surface area contributed by atoms with Crippen molar-refractivity contribution in [2.24, 2.45) is 11.8 Å². The summed E-state index contributed by atoms with van der Waals surface area (Å²) in [4.78, 5) is 2.38. The molecule has 2 aliphatic rings. The van der Waals surface area contributed by atoms with Crippen molar-refractivity contribution in [2.75, 3.05) is 13.1 Å². The highest BCUT2D eigenvalue weighted by Crippen LogP contribution is 2.37. The minimum Gasteiger partial charge on any atom is -0.284 e. The number of rotatable bonds is 3. The number of hydrogen-bond acceptors (Lipinski definition) is 2. The zero-order valence-electron chi connectivity index (χ0n) is 12.9. The third-order valence-electron chi connectivity index (χ3n) is 5.49. The van der Waals surface area contributed by atoms with E-state index in [4.69, 9.17) is 0 Å². The summed E-state index contributed by atoms with van der Waals surface area (Å²) in [6, 6.07) is 12.7. The Kier molecular flexibility index (Phi) is 4.93. The molecular formula is C19H26N2. The number of nitriles is 1. The standard InChI is InChI=1S/C19H26N2/c20-15-19(18-9-5-2-6-10-18)21-13-11-17(12-14-21)16-7-3-1-4-8-16/h2,5-6,9-10,16-17,19H,1,3-4,7-8,11-14H2. The van der Waals surface area contributed by atoms with Crippen LogP contribution < -0.4 is 0 Å². The van der Waals surface area contributed by atoms with Crippen LogP contribution in [0.5, 0.6) is 0 Å². The quantitative estimate of drug-likeness (QED) is 0.813. The van der Waals surface area contributed by atoms with E-state index in [1.54, 1.807) is 0 Å². The third kappa shape index (κ3) is 3.47. The maximum atomic E-state index is 9.55. The van der Waals surface area contributed by atoms with E-state index in [1.807, 2.05) is 18.2 Å². The van der Waals surface area contributed by atoms with Gasteiger partial charge in [0.2, 0.25) is 0 Å². The van der Waals surface area contributed by atoms with Gasteiger partial charge in [-0.05, 0) is 43.3 Å². The Morgan fingerprint density at radius 1 is 0.905 bits per heavy atom. The van der Waals surface area contributed by atoms with Crippen molar-refractivity contribution < 1.29 is 0 Å². The van der Waals surface area contributed by atoms with Gasteiger partial charge < -0.3 is 0 Å². The normalized spacial score (nSPS) is 23.6. The van der Waals surface area contributed by atoms with Crippen molar-refractivity contribution in [1.82, 2.24) is 4.90 Å². The fourth-order valence-corrected chi connectivity index (χ4v) is 4.26. The number of hydrogen-bond donors (Lipinski definition) is 0. The first kappa shape index (κ1) is 14.6. The molecule has 0 bridgehead atoms. The summed E-state index contributed by atoms with van der Waals surface area (Å²) in [5, 5.41) is 9.55. The van der Waals surface area contributed by atoms with E-state index >= 15 is 0 Å². The van der Waals surface area contributed by atoms with Gasteiger partial charge in [0.25, 0.3) is 0 Å². The molecule has 0 radical (unpaired) electrons. The first-order valence-corrected chi connectivity index (χ1v) is 8.57. The molecular weight excluding hydrogens is 256 g/mol. The van der Waals surface area contributed by atoms with Gasteiger partial charge in [0.15, 0.2) is 0 Å². The monoisotopic (exact) mass is 282 g/mol. The van der Waals surface area contributed by atoms with Crippen molar-refractivity contribution in [3.63, 3.8) is 0 Å². The lowest BCUT2D eigenvalue weighted by Crippen LogP contribution is -2.38. The SMILES string of the molecule is N#CC(c1ccccc1)N1CCC(C2CCCCC2)CC1. The van der Waals surface area contributed by atoms with Crippen molar-refractivity contribution in [2.45, 2.75) is 51.0 Å². The van der Waals surface area contributed by atoms with Crippen LogP contribution >= 0.6 is 0 Å². The molecule has 2 fully saturated rings. The van der Waals surface area contributed by atoms with Crippen LogP contribution in [0.3, 0.4) is 0 Å². The Labute approximate surface area is 128 Å². The largest absolute Gasteiger partial charge is 0.284 e. The fraction of sp³-hybridized carbons (Fsp3) is 0.632. The summed E-state index contributed by atoms with van der Waals surface area (Å²) in [5.41, 5.74) is 1.15. The van der Waals surface area contributed by atoms with Gasteiger partial charge in [-0.3, -0.25) is 4.90 Å². The molecule has 0 amide bonds. The van der Waals surface area contributed by atoms with E-state index in [0.29, 0.717) is 0 Å². The Bertz CT molecular complexity index is 462. The van der Waals surface area contributed by atoms with E-state index < -0.39 is 0 Å². The number of nitrogens with zero attached hydrogens (tertiary/aromatic N) is 2. The molecule has 112 valence electrons. The van der Waals surface area contributed by atoms with Crippen LogP contribution in [0, 0.1) is 23.2 Å². The van der Waals surface area contributed by atoms with Crippen LogP contribution in [-0.2, 0) is 0 Å². The number of piperidine rings is 1. The maximum absolute atomic E-state index is 9.55. The molecule has 1 unspecified atom stereocenters. The fourth-order valence-electron chi connectivity index (χ4n) is 4.26. The average Bonchev–Trinajstić information content (AvgIpc) is 2.58. The highest BCUT2D eigenvalue weighted by atomic mass is 15.2. The lowest BCUT2D eigenvalue weighted by atomic mass is 9.75. The predicted octanol–water partition coefficient (Wildman–Crippen LogP) is 4.54. The lowest BCUT2D eigenvalue weighted by molar-refractivity contribution is 0.111.